The van der Waals surface area contributed by atoms with Crippen LogP contribution in [0.15, 0.2) is 0 Å². The van der Waals surface area contributed by atoms with Crippen molar-refractivity contribution in [1.82, 2.24) is 4.98 Å². The minimum atomic E-state index is 0.557. The van der Waals surface area contributed by atoms with E-state index >= 15 is 0 Å². The van der Waals surface area contributed by atoms with Gasteiger partial charge in [0.25, 0.3) is 0 Å². The molecule has 0 radical (unpaired) electrons. The molecule has 1 aliphatic rings. The van der Waals surface area contributed by atoms with Gasteiger partial charge in [0.15, 0.2) is 0 Å². The van der Waals surface area contributed by atoms with E-state index in [1.807, 2.05) is 11.3 Å². The van der Waals surface area contributed by atoms with Crippen LogP contribution in [0.2, 0.25) is 0 Å². The van der Waals surface area contributed by atoms with Gasteiger partial charge in [-0.05, 0) is 18.8 Å². The fourth-order valence-corrected chi connectivity index (χ4v) is 4.32. The number of thiazole rings is 1. The Hall–Kier alpha value is 0.110. The van der Waals surface area contributed by atoms with Crippen molar-refractivity contribution in [3.8, 4) is 0 Å². The zero-order valence-corrected chi connectivity index (χ0v) is 12.5. The van der Waals surface area contributed by atoms with Gasteiger partial charge in [-0.15, -0.1) is 11.3 Å². The van der Waals surface area contributed by atoms with Crippen LogP contribution in [0.1, 0.15) is 73.4 Å². The molecule has 1 nitrogen and oxygen atoms in total. The van der Waals surface area contributed by atoms with Crippen LogP contribution in [0, 0.1) is 0 Å². The standard InChI is InChI=1S/C13H20BrNS/c1-9(2)12-11(8-14)16-13(15-12)10-6-4-3-5-7-10/h9-10H,3-8H2,1-2H3. The van der Waals surface area contributed by atoms with E-state index in [0.717, 1.165) is 11.2 Å². The van der Waals surface area contributed by atoms with Crippen LogP contribution in [-0.2, 0) is 5.33 Å². The van der Waals surface area contributed by atoms with Crippen LogP contribution < -0.4 is 0 Å². The third-order valence-corrected chi connectivity index (χ3v) is 5.53. The second-order valence-corrected chi connectivity index (χ2v) is 6.66. The Balaban J connectivity index is 2.20. The summed E-state index contributed by atoms with van der Waals surface area (Å²) in [4.78, 5) is 6.33. The Morgan fingerprint density at radius 1 is 1.31 bits per heavy atom. The highest BCUT2D eigenvalue weighted by Gasteiger charge is 2.21. The Bertz CT molecular complexity index is 340. The second-order valence-electron chi connectivity index (χ2n) is 4.98. The van der Waals surface area contributed by atoms with Crippen molar-refractivity contribution in [2.45, 2.75) is 63.1 Å². The molecule has 1 aliphatic carbocycles. The summed E-state index contributed by atoms with van der Waals surface area (Å²) in [7, 11) is 0. The fraction of sp³-hybridized carbons (Fsp3) is 0.769. The van der Waals surface area contributed by atoms with E-state index < -0.39 is 0 Å². The Morgan fingerprint density at radius 3 is 2.50 bits per heavy atom. The van der Waals surface area contributed by atoms with Crippen molar-refractivity contribution >= 4 is 27.3 Å². The number of alkyl halides is 1. The number of aromatic nitrogens is 1. The molecule has 0 amide bonds. The molecular weight excluding hydrogens is 282 g/mol. The third kappa shape index (κ3) is 2.67. The summed E-state index contributed by atoms with van der Waals surface area (Å²) in [5, 5.41) is 2.36. The molecule has 16 heavy (non-hydrogen) atoms. The van der Waals surface area contributed by atoms with E-state index in [1.54, 1.807) is 0 Å². The molecule has 1 aromatic rings. The SMILES string of the molecule is CC(C)c1nc(C2CCCCC2)sc1CBr. The van der Waals surface area contributed by atoms with Gasteiger partial charge in [0.2, 0.25) is 0 Å². The van der Waals surface area contributed by atoms with E-state index in [2.05, 4.69) is 29.8 Å². The van der Waals surface area contributed by atoms with Crippen molar-refractivity contribution in [2.24, 2.45) is 0 Å². The predicted molar refractivity (Wildman–Crippen MR) is 74.7 cm³/mol. The average molecular weight is 302 g/mol. The molecule has 1 saturated carbocycles. The van der Waals surface area contributed by atoms with Gasteiger partial charge in [-0.25, -0.2) is 4.98 Å². The first-order chi connectivity index (χ1) is 7.72. The first-order valence-electron chi connectivity index (χ1n) is 6.27. The number of nitrogens with zero attached hydrogens (tertiary/aromatic N) is 1. The summed E-state index contributed by atoms with van der Waals surface area (Å²) in [5.74, 6) is 1.31. The highest BCUT2D eigenvalue weighted by Crippen LogP contribution is 2.37. The zero-order valence-electron chi connectivity index (χ0n) is 10.1. The molecule has 0 bridgehead atoms. The van der Waals surface area contributed by atoms with Gasteiger partial charge in [0, 0.05) is 16.1 Å². The molecule has 0 spiro atoms. The van der Waals surface area contributed by atoms with Gasteiger partial charge in [0.05, 0.1) is 10.7 Å². The van der Waals surface area contributed by atoms with Crippen LogP contribution in [-0.4, -0.2) is 4.98 Å². The molecule has 0 saturated heterocycles. The zero-order chi connectivity index (χ0) is 11.5. The second kappa shape index (κ2) is 5.63. The maximum Gasteiger partial charge on any atom is 0.0962 e. The van der Waals surface area contributed by atoms with Crippen molar-refractivity contribution in [1.29, 1.82) is 0 Å². The van der Waals surface area contributed by atoms with Crippen molar-refractivity contribution in [3.63, 3.8) is 0 Å². The first kappa shape index (κ1) is 12.6. The number of hydrogen-bond acceptors (Lipinski definition) is 2. The summed E-state index contributed by atoms with van der Waals surface area (Å²) in [6.45, 7) is 4.48. The number of hydrogen-bond donors (Lipinski definition) is 0. The third-order valence-electron chi connectivity index (χ3n) is 3.37. The van der Waals surface area contributed by atoms with Gasteiger partial charge in [-0.2, -0.15) is 0 Å². The predicted octanol–water partition coefficient (Wildman–Crippen LogP) is 5.21. The Labute approximate surface area is 111 Å². The summed E-state index contributed by atoms with van der Waals surface area (Å²) < 4.78 is 0. The summed E-state index contributed by atoms with van der Waals surface area (Å²) >= 11 is 5.52. The lowest BCUT2D eigenvalue weighted by atomic mass is 9.90. The first-order valence-corrected chi connectivity index (χ1v) is 8.21. The van der Waals surface area contributed by atoms with E-state index in [-0.39, 0.29) is 0 Å². The van der Waals surface area contributed by atoms with Gasteiger partial charge >= 0.3 is 0 Å². The summed E-state index contributed by atoms with van der Waals surface area (Å²) in [6.07, 6.45) is 6.92. The van der Waals surface area contributed by atoms with E-state index in [4.69, 9.17) is 4.98 Å². The lowest BCUT2D eigenvalue weighted by molar-refractivity contribution is 0.441. The lowest BCUT2D eigenvalue weighted by Gasteiger charge is -2.19. The van der Waals surface area contributed by atoms with Gasteiger partial charge in [-0.3, -0.25) is 0 Å². The van der Waals surface area contributed by atoms with Gasteiger partial charge in [0.1, 0.15) is 0 Å². The molecule has 1 fully saturated rings. The number of halogens is 1. The van der Waals surface area contributed by atoms with E-state index in [0.29, 0.717) is 5.92 Å². The molecule has 1 heterocycles. The van der Waals surface area contributed by atoms with E-state index in [1.165, 1.54) is 47.7 Å². The molecule has 0 N–H and O–H groups in total. The molecule has 0 aromatic carbocycles. The molecule has 90 valence electrons. The maximum absolute atomic E-state index is 4.89. The largest absolute Gasteiger partial charge is 0.245 e. The maximum atomic E-state index is 4.89. The molecule has 0 unspecified atom stereocenters. The molecule has 2 rings (SSSR count). The highest BCUT2D eigenvalue weighted by atomic mass is 79.9. The van der Waals surface area contributed by atoms with Crippen LogP contribution in [0.5, 0.6) is 0 Å². The average Bonchev–Trinajstić information content (AvgIpc) is 2.74. The monoisotopic (exact) mass is 301 g/mol. The summed E-state index contributed by atoms with van der Waals surface area (Å²) in [5.41, 5.74) is 1.32. The topological polar surface area (TPSA) is 12.9 Å². The quantitative estimate of drug-likeness (QED) is 0.698. The van der Waals surface area contributed by atoms with Crippen molar-refractivity contribution in [2.75, 3.05) is 0 Å². The Kier molecular flexibility index (Phi) is 4.42. The minimum Gasteiger partial charge on any atom is -0.245 e. The highest BCUT2D eigenvalue weighted by molar-refractivity contribution is 9.08. The fourth-order valence-electron chi connectivity index (χ4n) is 2.45. The normalized spacial score (nSPS) is 18.2. The van der Waals surface area contributed by atoms with Gasteiger partial charge < -0.3 is 0 Å². The minimum absolute atomic E-state index is 0.557. The molecule has 3 heteroatoms. The van der Waals surface area contributed by atoms with Crippen LogP contribution in [0.25, 0.3) is 0 Å². The summed E-state index contributed by atoms with van der Waals surface area (Å²) in [6, 6.07) is 0. The lowest BCUT2D eigenvalue weighted by Crippen LogP contribution is -2.04. The van der Waals surface area contributed by atoms with Crippen LogP contribution in [0.4, 0.5) is 0 Å². The molecule has 1 aromatic heterocycles. The van der Waals surface area contributed by atoms with Crippen molar-refractivity contribution in [3.05, 3.63) is 15.6 Å². The van der Waals surface area contributed by atoms with Crippen LogP contribution in [0.3, 0.4) is 0 Å². The smallest absolute Gasteiger partial charge is 0.0962 e. The van der Waals surface area contributed by atoms with Gasteiger partial charge in [-0.1, -0.05) is 49.0 Å². The van der Waals surface area contributed by atoms with Crippen LogP contribution >= 0.6 is 27.3 Å². The molecular formula is C13H20BrNS. The van der Waals surface area contributed by atoms with Crippen molar-refractivity contribution < 1.29 is 0 Å². The van der Waals surface area contributed by atoms with E-state index in [9.17, 15) is 0 Å². The number of rotatable bonds is 3. The molecule has 0 aliphatic heterocycles. The molecule has 0 atom stereocenters. The Morgan fingerprint density at radius 2 is 2.00 bits per heavy atom.